The van der Waals surface area contributed by atoms with Gasteiger partial charge in [0.25, 0.3) is 5.91 Å². The molecule has 0 saturated carbocycles. The van der Waals surface area contributed by atoms with Crippen molar-refractivity contribution in [1.29, 1.82) is 0 Å². The monoisotopic (exact) mass is 335 g/mol. The molecule has 0 aliphatic heterocycles. The molecule has 2 N–H and O–H groups in total. The standard InChI is InChI=1S/C20H22N4O/c1-20(2,3)18-16(13-24-12-8-7-11-17(24)23-18)22-15-10-6-5-9-14(15)19(25)21-4/h5-13H,1-4H3,(H-,21,22,25)/p+1. The van der Waals surface area contributed by atoms with Crippen LogP contribution in [0.25, 0.3) is 5.65 Å². The van der Waals surface area contributed by atoms with Gasteiger partial charge < -0.3 is 10.6 Å². The summed E-state index contributed by atoms with van der Waals surface area (Å²) < 4.78 is 1.97. The smallest absolute Gasteiger partial charge is 0.328 e. The van der Waals surface area contributed by atoms with E-state index in [1.54, 1.807) is 13.1 Å². The maximum Gasteiger partial charge on any atom is 0.328 e. The lowest BCUT2D eigenvalue weighted by molar-refractivity contribution is -0.513. The lowest BCUT2D eigenvalue weighted by Gasteiger charge is -2.19. The number of nitrogens with zero attached hydrogens (tertiary/aromatic N) is 2. The molecular weight excluding hydrogens is 312 g/mol. The molecule has 5 nitrogen and oxygen atoms in total. The first-order valence-corrected chi connectivity index (χ1v) is 8.30. The van der Waals surface area contributed by atoms with Gasteiger partial charge in [0.1, 0.15) is 11.9 Å². The van der Waals surface area contributed by atoms with Crippen molar-refractivity contribution >= 4 is 22.9 Å². The zero-order valence-corrected chi connectivity index (χ0v) is 15.0. The number of hydrogen-bond donors (Lipinski definition) is 2. The summed E-state index contributed by atoms with van der Waals surface area (Å²) in [6.45, 7) is 6.39. The van der Waals surface area contributed by atoms with Crippen molar-refractivity contribution in [2.75, 3.05) is 12.4 Å². The highest BCUT2D eigenvalue weighted by Crippen LogP contribution is 2.30. The fourth-order valence-electron chi connectivity index (χ4n) is 2.76. The lowest BCUT2D eigenvalue weighted by atomic mass is 9.90. The molecule has 0 spiro atoms. The Kier molecular flexibility index (Phi) is 4.40. The molecule has 0 atom stereocenters. The summed E-state index contributed by atoms with van der Waals surface area (Å²) in [5.74, 6) is -0.123. The van der Waals surface area contributed by atoms with Crippen molar-refractivity contribution in [3.8, 4) is 0 Å². The van der Waals surface area contributed by atoms with Crippen molar-refractivity contribution in [3.05, 3.63) is 66.1 Å². The third-order valence-electron chi connectivity index (χ3n) is 4.00. The molecule has 1 aromatic carbocycles. The van der Waals surface area contributed by atoms with Gasteiger partial charge >= 0.3 is 5.65 Å². The van der Waals surface area contributed by atoms with Crippen LogP contribution < -0.4 is 15.0 Å². The van der Waals surface area contributed by atoms with Gasteiger partial charge in [-0.2, -0.15) is 0 Å². The molecule has 1 amide bonds. The van der Waals surface area contributed by atoms with Crippen molar-refractivity contribution in [1.82, 2.24) is 10.3 Å². The van der Waals surface area contributed by atoms with E-state index in [-0.39, 0.29) is 11.3 Å². The van der Waals surface area contributed by atoms with Gasteiger partial charge in [0.2, 0.25) is 0 Å². The highest BCUT2D eigenvalue weighted by molar-refractivity contribution is 6.00. The molecule has 3 rings (SSSR count). The zero-order chi connectivity index (χ0) is 18.0. The van der Waals surface area contributed by atoms with Crippen LogP contribution >= 0.6 is 0 Å². The number of hydrogen-bond acceptors (Lipinski definition) is 3. The minimum Gasteiger partial charge on any atom is -0.355 e. The minimum atomic E-state index is -0.144. The zero-order valence-electron chi connectivity index (χ0n) is 15.0. The molecule has 2 aromatic heterocycles. The van der Waals surface area contributed by atoms with Crippen molar-refractivity contribution < 1.29 is 9.20 Å². The summed E-state index contributed by atoms with van der Waals surface area (Å²) in [5.41, 5.74) is 3.93. The van der Waals surface area contributed by atoms with Crippen LogP contribution in [0.5, 0.6) is 0 Å². The lowest BCUT2D eigenvalue weighted by Crippen LogP contribution is -2.27. The van der Waals surface area contributed by atoms with Crippen LogP contribution in [-0.4, -0.2) is 17.9 Å². The second-order valence-electron chi connectivity index (χ2n) is 6.97. The van der Waals surface area contributed by atoms with Crippen molar-refractivity contribution in [3.63, 3.8) is 0 Å². The summed E-state index contributed by atoms with van der Waals surface area (Å²) in [6.07, 6.45) is 3.98. The number of aromatic nitrogens is 2. The van der Waals surface area contributed by atoms with E-state index in [9.17, 15) is 4.79 Å². The van der Waals surface area contributed by atoms with Crippen molar-refractivity contribution in [2.45, 2.75) is 26.2 Å². The molecule has 0 bridgehead atoms. The number of rotatable bonds is 3. The normalized spacial score (nSPS) is 11.4. The highest BCUT2D eigenvalue weighted by atomic mass is 16.1. The molecule has 25 heavy (non-hydrogen) atoms. The van der Waals surface area contributed by atoms with Gasteiger partial charge in [0, 0.05) is 18.5 Å². The second-order valence-corrected chi connectivity index (χ2v) is 6.97. The Hall–Kier alpha value is -2.95. The number of pyridine rings is 1. The van der Waals surface area contributed by atoms with E-state index in [4.69, 9.17) is 4.98 Å². The quantitative estimate of drug-likeness (QED) is 0.723. The second kappa shape index (κ2) is 6.51. The Morgan fingerprint density at radius 1 is 1.04 bits per heavy atom. The van der Waals surface area contributed by atoms with Crippen LogP contribution in [0.3, 0.4) is 0 Å². The first-order valence-electron chi connectivity index (χ1n) is 8.30. The summed E-state index contributed by atoms with van der Waals surface area (Å²) in [5, 5.41) is 6.09. The number of amides is 1. The number of carbonyl (C=O) groups excluding carboxylic acids is 1. The van der Waals surface area contributed by atoms with Crippen LogP contribution in [0.4, 0.5) is 11.4 Å². The number of carbonyl (C=O) groups is 1. The van der Waals surface area contributed by atoms with E-state index < -0.39 is 0 Å². The molecule has 2 heterocycles. The van der Waals surface area contributed by atoms with E-state index >= 15 is 0 Å². The predicted octanol–water partition coefficient (Wildman–Crippen LogP) is 3.22. The fraction of sp³-hybridized carbons (Fsp3) is 0.250. The molecule has 3 aromatic rings. The van der Waals surface area contributed by atoms with E-state index in [0.29, 0.717) is 5.56 Å². The Morgan fingerprint density at radius 3 is 2.48 bits per heavy atom. The molecule has 0 aliphatic rings. The Morgan fingerprint density at radius 2 is 1.76 bits per heavy atom. The maximum atomic E-state index is 12.1. The molecule has 0 radical (unpaired) electrons. The van der Waals surface area contributed by atoms with Gasteiger partial charge in [0.05, 0.1) is 17.4 Å². The largest absolute Gasteiger partial charge is 0.355 e. The molecule has 0 saturated heterocycles. The number of nitrogens with one attached hydrogen (secondary N) is 2. The Bertz CT molecular complexity index is 928. The Balaban J connectivity index is 2.14. The maximum absolute atomic E-state index is 12.1. The number of benzene rings is 1. The number of para-hydroxylation sites is 1. The van der Waals surface area contributed by atoms with Crippen LogP contribution in [-0.2, 0) is 5.41 Å². The van der Waals surface area contributed by atoms with E-state index in [2.05, 4.69) is 31.4 Å². The van der Waals surface area contributed by atoms with Crippen molar-refractivity contribution in [2.24, 2.45) is 0 Å². The predicted molar refractivity (Wildman–Crippen MR) is 99.2 cm³/mol. The van der Waals surface area contributed by atoms with Crippen LogP contribution in [0.15, 0.2) is 54.9 Å². The van der Waals surface area contributed by atoms with Gasteiger partial charge in [0.15, 0.2) is 5.69 Å². The van der Waals surface area contributed by atoms with E-state index in [0.717, 1.165) is 22.7 Å². The molecule has 0 aliphatic carbocycles. The minimum absolute atomic E-state index is 0.123. The molecule has 128 valence electrons. The highest BCUT2D eigenvalue weighted by Gasteiger charge is 2.27. The first kappa shape index (κ1) is 16.9. The van der Waals surface area contributed by atoms with Crippen LogP contribution in [0, 0.1) is 0 Å². The Labute approximate surface area is 147 Å². The first-order chi connectivity index (χ1) is 11.9. The van der Waals surface area contributed by atoms with Gasteiger partial charge in [-0.1, -0.05) is 39.0 Å². The topological polar surface area (TPSA) is 58.1 Å². The summed E-state index contributed by atoms with van der Waals surface area (Å²) in [4.78, 5) is 17.0. The number of fused-ring (bicyclic) bond motifs is 1. The van der Waals surface area contributed by atoms with Gasteiger partial charge in [-0.05, 0) is 23.2 Å². The van der Waals surface area contributed by atoms with Gasteiger partial charge in [-0.15, -0.1) is 0 Å². The fourth-order valence-corrected chi connectivity index (χ4v) is 2.76. The summed E-state index contributed by atoms with van der Waals surface area (Å²) >= 11 is 0. The summed E-state index contributed by atoms with van der Waals surface area (Å²) in [7, 11) is 1.63. The molecule has 0 fully saturated rings. The van der Waals surface area contributed by atoms with Gasteiger partial charge in [-0.25, -0.2) is 4.40 Å². The molecular formula is C20H23N4O+. The van der Waals surface area contributed by atoms with Gasteiger partial charge in [-0.3, -0.25) is 4.79 Å². The average molecular weight is 335 g/mol. The van der Waals surface area contributed by atoms with E-state index in [1.807, 2.05) is 53.2 Å². The molecule has 5 heteroatoms. The SMILES string of the molecule is CNC(=O)c1ccccc1Nc1c[n+]2ccccc2nc1C(C)(C)C. The van der Waals surface area contributed by atoms with Crippen LogP contribution in [0.1, 0.15) is 36.8 Å². The molecule has 0 unspecified atom stereocenters. The number of anilines is 2. The average Bonchev–Trinajstić information content (AvgIpc) is 2.60. The third kappa shape index (κ3) is 3.45. The van der Waals surface area contributed by atoms with Crippen LogP contribution in [0.2, 0.25) is 0 Å². The summed E-state index contributed by atoms with van der Waals surface area (Å²) in [6, 6.07) is 13.4. The van der Waals surface area contributed by atoms with E-state index in [1.165, 1.54) is 0 Å². The third-order valence-corrected chi connectivity index (χ3v) is 4.00.